The molecule has 0 saturated heterocycles. The molecule has 62 heavy (non-hydrogen) atoms. The van der Waals surface area contributed by atoms with Gasteiger partial charge in [-0.25, -0.2) is 0 Å². The summed E-state index contributed by atoms with van der Waals surface area (Å²) in [5.74, 6) is -0.659. The Morgan fingerprint density at radius 2 is 0.903 bits per heavy atom. The van der Waals surface area contributed by atoms with Crippen molar-refractivity contribution >= 4 is 48.4 Å². The summed E-state index contributed by atoms with van der Waals surface area (Å²) >= 11 is 0. The molecule has 0 bridgehead atoms. The van der Waals surface area contributed by atoms with Gasteiger partial charge < -0.3 is 42.1 Å². The largest absolute Gasteiger partial charge is 0.508 e. The molecule has 12 nitrogen and oxygen atoms in total. The number of unbranched alkanes of at least 4 members (excludes halogenated alkanes) is 3. The Morgan fingerprint density at radius 1 is 0.581 bits per heavy atom. The maximum atomic E-state index is 13.9. The highest BCUT2D eigenvalue weighted by Crippen LogP contribution is 2.28. The lowest BCUT2D eigenvalue weighted by Crippen LogP contribution is -2.56. The van der Waals surface area contributed by atoms with Crippen LogP contribution in [0.1, 0.15) is 81.3 Å². The van der Waals surface area contributed by atoms with E-state index in [1.807, 2.05) is 76.2 Å². The number of carbonyl (C=O) groups is 4. The lowest BCUT2D eigenvalue weighted by Gasteiger charge is -2.37. The summed E-state index contributed by atoms with van der Waals surface area (Å²) in [5, 5.41) is 26.1. The third-order valence-corrected chi connectivity index (χ3v) is 12.2. The molecule has 4 amide bonds. The third kappa shape index (κ3) is 11.9. The van der Waals surface area contributed by atoms with Gasteiger partial charge in [0.1, 0.15) is 23.6 Å². The molecule has 6 rings (SSSR count). The SMILES string of the molecule is Cc1cc(O)cc(C)c1C[C@H](N)C(=O)N1Cc2ccccc2C[C@H]1C(=O)NCCCCCCNC(=O)[C@@H]1Cc2ccccc2CN1C(=O)[C@@H](N)Cc1c(C)cc(O)cc1C.Cl.Cl. The zero-order chi connectivity index (χ0) is 43.1. The Morgan fingerprint density at radius 3 is 1.24 bits per heavy atom. The molecule has 14 heteroatoms. The van der Waals surface area contributed by atoms with Crippen molar-refractivity contribution in [2.75, 3.05) is 13.1 Å². The summed E-state index contributed by atoms with van der Waals surface area (Å²) in [6.07, 6.45) is 4.51. The number of nitrogens with one attached hydrogen (secondary N) is 2. The Bertz CT molecular complexity index is 2030. The van der Waals surface area contributed by atoms with Crippen LogP contribution in [0.2, 0.25) is 0 Å². The quantitative estimate of drug-likeness (QED) is 0.0866. The standard InChI is InChI=1S/C48H60N6O6.2ClH/c1-29-19-37(55)20-30(2)39(29)25-41(49)47(59)53-27-35-15-9-7-13-33(35)23-43(53)45(57)51-17-11-5-6-12-18-52-46(58)44-24-34-14-8-10-16-36(34)28-54(44)48(60)42(50)26-40-31(3)21-38(56)22-32(40)4;;/h7-10,13-16,19-22,41-44,55-56H,5-6,11-12,17-18,23-28,49-50H2,1-4H3,(H,51,57)(H,52,58);2*1H/t41-,42-,43-,44-;;/m0../s1. The molecule has 4 aromatic carbocycles. The van der Waals surface area contributed by atoms with Gasteiger partial charge in [-0.1, -0.05) is 61.4 Å². The van der Waals surface area contributed by atoms with Crippen LogP contribution in [0.4, 0.5) is 0 Å². The Labute approximate surface area is 377 Å². The van der Waals surface area contributed by atoms with Crippen LogP contribution < -0.4 is 22.1 Å². The van der Waals surface area contributed by atoms with Gasteiger partial charge in [0.25, 0.3) is 0 Å². The molecule has 2 aliphatic rings. The number of nitrogens with zero attached hydrogens (tertiary/aromatic N) is 2. The van der Waals surface area contributed by atoms with Crippen LogP contribution in [0.25, 0.3) is 0 Å². The van der Waals surface area contributed by atoms with Gasteiger partial charge in [-0.05, 0) is 133 Å². The fourth-order valence-corrected chi connectivity index (χ4v) is 8.87. The van der Waals surface area contributed by atoms with Gasteiger partial charge in [0, 0.05) is 39.0 Å². The summed E-state index contributed by atoms with van der Waals surface area (Å²) in [6.45, 7) is 9.04. The van der Waals surface area contributed by atoms with Gasteiger partial charge in [0.15, 0.2) is 0 Å². The lowest BCUT2D eigenvalue weighted by atomic mass is 9.91. The van der Waals surface area contributed by atoms with Crippen molar-refractivity contribution in [3.8, 4) is 11.5 Å². The predicted molar refractivity (Wildman–Crippen MR) is 246 cm³/mol. The number of rotatable bonds is 15. The Hall–Kier alpha value is -5.14. The molecule has 2 heterocycles. The molecule has 0 spiro atoms. The molecular weight excluding hydrogens is 827 g/mol. The van der Waals surface area contributed by atoms with Crippen molar-refractivity contribution in [2.24, 2.45) is 11.5 Å². The number of aryl methyl sites for hydroxylation is 4. The number of nitrogens with two attached hydrogens (primary N) is 2. The minimum atomic E-state index is -0.853. The fourth-order valence-electron chi connectivity index (χ4n) is 8.87. The van der Waals surface area contributed by atoms with E-state index in [-0.39, 0.29) is 59.9 Å². The maximum Gasteiger partial charge on any atom is 0.243 e. The summed E-state index contributed by atoms with van der Waals surface area (Å²) in [5.41, 5.74) is 22.4. The van der Waals surface area contributed by atoms with Crippen LogP contribution >= 0.6 is 24.8 Å². The van der Waals surface area contributed by atoms with Gasteiger partial charge in [-0.2, -0.15) is 0 Å². The topological polar surface area (TPSA) is 191 Å². The number of aromatic hydroxyl groups is 2. The maximum absolute atomic E-state index is 13.9. The first kappa shape index (κ1) is 49.5. The molecule has 0 aliphatic carbocycles. The molecule has 4 atom stereocenters. The van der Waals surface area contributed by atoms with Gasteiger partial charge in [-0.15, -0.1) is 24.8 Å². The lowest BCUT2D eigenvalue weighted by molar-refractivity contribution is -0.142. The second-order valence-electron chi connectivity index (χ2n) is 16.6. The van der Waals surface area contributed by atoms with E-state index in [0.29, 0.717) is 51.9 Å². The van der Waals surface area contributed by atoms with E-state index in [1.165, 1.54) is 0 Å². The molecule has 4 aromatic rings. The molecular formula is C48H62Cl2N6O6. The van der Waals surface area contributed by atoms with Crippen LogP contribution in [0.15, 0.2) is 72.8 Å². The Balaban J connectivity index is 0.00000422. The van der Waals surface area contributed by atoms with Crippen LogP contribution in [0, 0.1) is 27.7 Å². The molecule has 0 fully saturated rings. The van der Waals surface area contributed by atoms with Crippen molar-refractivity contribution in [2.45, 2.75) is 116 Å². The number of phenolic OH excluding ortho intramolecular Hbond substituents is 2. The van der Waals surface area contributed by atoms with E-state index >= 15 is 0 Å². The van der Waals surface area contributed by atoms with Crippen molar-refractivity contribution in [3.05, 3.63) is 128 Å². The van der Waals surface area contributed by atoms with Gasteiger partial charge >= 0.3 is 0 Å². The van der Waals surface area contributed by atoms with E-state index in [9.17, 15) is 29.4 Å². The molecule has 0 radical (unpaired) electrons. The predicted octanol–water partition coefficient (Wildman–Crippen LogP) is 5.31. The highest BCUT2D eigenvalue weighted by molar-refractivity contribution is 5.91. The van der Waals surface area contributed by atoms with E-state index < -0.39 is 24.2 Å². The van der Waals surface area contributed by atoms with E-state index in [2.05, 4.69) is 10.6 Å². The summed E-state index contributed by atoms with van der Waals surface area (Å²) in [4.78, 5) is 58.3. The number of hydrogen-bond donors (Lipinski definition) is 6. The first-order chi connectivity index (χ1) is 28.7. The van der Waals surface area contributed by atoms with Gasteiger partial charge in [-0.3, -0.25) is 19.2 Å². The van der Waals surface area contributed by atoms with Crippen LogP contribution in [0.3, 0.4) is 0 Å². The van der Waals surface area contributed by atoms with Gasteiger partial charge in [0.2, 0.25) is 23.6 Å². The zero-order valence-corrected chi connectivity index (χ0v) is 37.7. The second-order valence-corrected chi connectivity index (χ2v) is 16.6. The smallest absolute Gasteiger partial charge is 0.243 e. The summed E-state index contributed by atoms with van der Waals surface area (Å²) in [6, 6.07) is 19.3. The number of carbonyl (C=O) groups excluding carboxylic acids is 4. The molecule has 0 unspecified atom stereocenters. The van der Waals surface area contributed by atoms with Crippen molar-refractivity contribution in [1.82, 2.24) is 20.4 Å². The van der Waals surface area contributed by atoms with Crippen molar-refractivity contribution in [3.63, 3.8) is 0 Å². The van der Waals surface area contributed by atoms with Crippen molar-refractivity contribution in [1.29, 1.82) is 0 Å². The molecule has 0 saturated carbocycles. The average molecular weight is 890 g/mol. The summed E-state index contributed by atoms with van der Waals surface area (Å²) in [7, 11) is 0. The fraction of sp³-hybridized carbons (Fsp3) is 0.417. The van der Waals surface area contributed by atoms with E-state index in [0.717, 1.165) is 81.3 Å². The molecule has 334 valence electrons. The molecule has 8 N–H and O–H groups in total. The second kappa shape index (κ2) is 22.3. The first-order valence-electron chi connectivity index (χ1n) is 21.1. The number of halogens is 2. The Kier molecular flexibility index (Phi) is 17.8. The molecule has 0 aromatic heterocycles. The highest BCUT2D eigenvalue weighted by Gasteiger charge is 2.38. The number of fused-ring (bicyclic) bond motifs is 2. The van der Waals surface area contributed by atoms with Gasteiger partial charge in [0.05, 0.1) is 12.1 Å². The third-order valence-electron chi connectivity index (χ3n) is 12.2. The zero-order valence-electron chi connectivity index (χ0n) is 36.1. The molecule has 2 aliphatic heterocycles. The minimum absolute atomic E-state index is 0. The van der Waals surface area contributed by atoms with E-state index in [1.54, 1.807) is 34.1 Å². The number of amides is 4. The van der Waals surface area contributed by atoms with Crippen LogP contribution in [0.5, 0.6) is 11.5 Å². The van der Waals surface area contributed by atoms with Crippen LogP contribution in [-0.2, 0) is 58.0 Å². The van der Waals surface area contributed by atoms with Crippen LogP contribution in [-0.4, -0.2) is 80.9 Å². The number of hydrogen-bond acceptors (Lipinski definition) is 8. The average Bonchev–Trinajstić information content (AvgIpc) is 3.22. The minimum Gasteiger partial charge on any atom is -0.508 e. The van der Waals surface area contributed by atoms with E-state index in [4.69, 9.17) is 11.5 Å². The number of phenols is 2. The monoisotopic (exact) mass is 888 g/mol. The highest BCUT2D eigenvalue weighted by atomic mass is 35.5. The first-order valence-corrected chi connectivity index (χ1v) is 21.1. The van der Waals surface area contributed by atoms with Crippen molar-refractivity contribution < 1.29 is 29.4 Å². The number of benzene rings is 4. The normalized spacial score (nSPS) is 16.4. The summed E-state index contributed by atoms with van der Waals surface area (Å²) < 4.78 is 0.